The molecule has 1 aromatic carbocycles. The van der Waals surface area contributed by atoms with E-state index in [1.54, 1.807) is 0 Å². The number of benzene rings is 1. The molecule has 5 heteroatoms. The molecule has 0 bridgehead atoms. The first kappa shape index (κ1) is 11.7. The maximum absolute atomic E-state index is 11.8. The number of hydrogen-bond donors (Lipinski definition) is 1. The number of rotatable bonds is 4. The lowest BCUT2D eigenvalue weighted by Gasteiger charge is -2.01. The second kappa shape index (κ2) is 4.72. The van der Waals surface area contributed by atoms with Crippen LogP contribution < -0.4 is 5.32 Å². The van der Waals surface area contributed by atoms with Gasteiger partial charge in [0.05, 0.1) is 6.42 Å². The molecule has 2 aromatic rings. The van der Waals surface area contributed by atoms with Crippen molar-refractivity contribution in [3.63, 3.8) is 0 Å². The van der Waals surface area contributed by atoms with E-state index in [4.69, 9.17) is 4.52 Å². The molecule has 0 saturated heterocycles. The van der Waals surface area contributed by atoms with Crippen molar-refractivity contribution in [2.75, 3.05) is 6.54 Å². The smallest absolute Gasteiger partial charge is 0.226 e. The molecule has 1 aliphatic carbocycles. The van der Waals surface area contributed by atoms with Crippen molar-refractivity contribution in [3.8, 4) is 0 Å². The van der Waals surface area contributed by atoms with Gasteiger partial charge in [-0.3, -0.25) is 4.79 Å². The SMILES string of the molecule is O=C(Cc1noc2cc(Br)ccc12)NCC1CC1. The van der Waals surface area contributed by atoms with Crippen LogP contribution in [0.2, 0.25) is 0 Å². The van der Waals surface area contributed by atoms with Crippen LogP contribution in [0.1, 0.15) is 18.5 Å². The highest BCUT2D eigenvalue weighted by Gasteiger charge is 2.22. The fraction of sp³-hybridized carbons (Fsp3) is 0.385. The van der Waals surface area contributed by atoms with Gasteiger partial charge < -0.3 is 9.84 Å². The van der Waals surface area contributed by atoms with Gasteiger partial charge in [0.1, 0.15) is 5.69 Å². The Morgan fingerprint density at radius 3 is 3.11 bits per heavy atom. The summed E-state index contributed by atoms with van der Waals surface area (Å²) in [5, 5.41) is 7.79. The maximum atomic E-state index is 11.8. The van der Waals surface area contributed by atoms with Gasteiger partial charge in [0.25, 0.3) is 0 Å². The average Bonchev–Trinajstić information content (AvgIpc) is 3.10. The predicted molar refractivity (Wildman–Crippen MR) is 71.1 cm³/mol. The number of nitrogens with zero attached hydrogens (tertiary/aromatic N) is 1. The summed E-state index contributed by atoms with van der Waals surface area (Å²) in [6, 6.07) is 5.69. The van der Waals surface area contributed by atoms with Gasteiger partial charge in [-0.15, -0.1) is 0 Å². The lowest BCUT2D eigenvalue weighted by atomic mass is 10.1. The first-order valence-electron chi connectivity index (χ1n) is 6.03. The molecule has 0 unspecified atom stereocenters. The monoisotopic (exact) mass is 308 g/mol. The van der Waals surface area contributed by atoms with Gasteiger partial charge in [0.2, 0.25) is 5.91 Å². The summed E-state index contributed by atoms with van der Waals surface area (Å²) in [7, 11) is 0. The van der Waals surface area contributed by atoms with Crippen molar-refractivity contribution in [2.24, 2.45) is 5.92 Å². The third kappa shape index (κ3) is 2.56. The zero-order valence-electron chi connectivity index (χ0n) is 9.78. The van der Waals surface area contributed by atoms with E-state index in [1.807, 2.05) is 18.2 Å². The Labute approximate surface area is 113 Å². The second-order valence-electron chi connectivity index (χ2n) is 4.69. The van der Waals surface area contributed by atoms with Crippen LogP contribution in [0.3, 0.4) is 0 Å². The van der Waals surface area contributed by atoms with Gasteiger partial charge in [-0.1, -0.05) is 21.1 Å². The third-order valence-corrected chi connectivity index (χ3v) is 3.61. The molecule has 1 fully saturated rings. The standard InChI is InChI=1S/C13H13BrN2O2/c14-9-3-4-10-11(16-18-12(10)5-9)6-13(17)15-7-8-1-2-8/h3-5,8H,1-2,6-7H2,(H,15,17). The van der Waals surface area contributed by atoms with Crippen molar-refractivity contribution < 1.29 is 9.32 Å². The van der Waals surface area contributed by atoms with Crippen LogP contribution in [0.4, 0.5) is 0 Å². The first-order chi connectivity index (χ1) is 8.72. The minimum absolute atomic E-state index is 0.0139. The molecule has 4 nitrogen and oxygen atoms in total. The van der Waals surface area contributed by atoms with E-state index < -0.39 is 0 Å². The van der Waals surface area contributed by atoms with Crippen molar-refractivity contribution in [3.05, 3.63) is 28.4 Å². The van der Waals surface area contributed by atoms with Crippen LogP contribution >= 0.6 is 15.9 Å². The van der Waals surface area contributed by atoms with Gasteiger partial charge >= 0.3 is 0 Å². The normalized spacial score (nSPS) is 14.9. The lowest BCUT2D eigenvalue weighted by Crippen LogP contribution is -2.27. The van der Waals surface area contributed by atoms with Gasteiger partial charge in [0.15, 0.2) is 5.58 Å². The molecule has 1 saturated carbocycles. The number of hydrogen-bond acceptors (Lipinski definition) is 3. The third-order valence-electron chi connectivity index (χ3n) is 3.12. The minimum atomic E-state index is 0.0139. The Hall–Kier alpha value is -1.36. The minimum Gasteiger partial charge on any atom is -0.356 e. The molecule has 1 N–H and O–H groups in total. The number of carbonyl (C=O) groups excluding carboxylic acids is 1. The highest BCUT2D eigenvalue weighted by atomic mass is 79.9. The molecule has 0 aliphatic heterocycles. The van der Waals surface area contributed by atoms with E-state index in [0.29, 0.717) is 17.2 Å². The molecule has 0 radical (unpaired) electrons. The average molecular weight is 309 g/mol. The van der Waals surface area contributed by atoms with Crippen molar-refractivity contribution >= 4 is 32.8 Å². The molecule has 94 valence electrons. The zero-order chi connectivity index (χ0) is 12.5. The highest BCUT2D eigenvalue weighted by Crippen LogP contribution is 2.27. The molecule has 0 atom stereocenters. The zero-order valence-corrected chi connectivity index (χ0v) is 11.4. The largest absolute Gasteiger partial charge is 0.356 e. The van der Waals surface area contributed by atoms with Gasteiger partial charge in [-0.2, -0.15) is 0 Å². The molecule has 3 rings (SSSR count). The van der Waals surface area contributed by atoms with Crippen LogP contribution in [-0.4, -0.2) is 17.6 Å². The Balaban J connectivity index is 1.71. The van der Waals surface area contributed by atoms with Crippen LogP contribution in [0.25, 0.3) is 11.0 Å². The van der Waals surface area contributed by atoms with Gasteiger partial charge in [-0.25, -0.2) is 0 Å². The Bertz CT molecular complexity index is 590. The van der Waals surface area contributed by atoms with E-state index in [2.05, 4.69) is 26.4 Å². The molecule has 1 aromatic heterocycles. The summed E-state index contributed by atoms with van der Waals surface area (Å²) in [4.78, 5) is 11.8. The number of aromatic nitrogens is 1. The highest BCUT2D eigenvalue weighted by molar-refractivity contribution is 9.10. The Kier molecular flexibility index (Phi) is 3.07. The molecule has 0 spiro atoms. The summed E-state index contributed by atoms with van der Waals surface area (Å²) in [6.07, 6.45) is 2.75. The first-order valence-corrected chi connectivity index (χ1v) is 6.82. The van der Waals surface area contributed by atoms with Crippen LogP contribution in [0.15, 0.2) is 27.2 Å². The van der Waals surface area contributed by atoms with Gasteiger partial charge in [-0.05, 0) is 37.0 Å². The molecular weight excluding hydrogens is 296 g/mol. The van der Waals surface area contributed by atoms with Crippen molar-refractivity contribution in [1.82, 2.24) is 10.5 Å². The van der Waals surface area contributed by atoms with Crippen LogP contribution in [0.5, 0.6) is 0 Å². The number of halogens is 1. The quantitative estimate of drug-likeness (QED) is 0.944. The summed E-state index contributed by atoms with van der Waals surface area (Å²) in [5.74, 6) is 0.707. The maximum Gasteiger partial charge on any atom is 0.226 e. The predicted octanol–water partition coefficient (Wildman–Crippen LogP) is 2.66. The molecule has 1 heterocycles. The molecular formula is C13H13BrN2O2. The van der Waals surface area contributed by atoms with Crippen molar-refractivity contribution in [1.29, 1.82) is 0 Å². The summed E-state index contributed by atoms with van der Waals surface area (Å²) < 4.78 is 6.15. The Morgan fingerprint density at radius 2 is 2.33 bits per heavy atom. The summed E-state index contributed by atoms with van der Waals surface area (Å²) in [5.41, 5.74) is 1.40. The van der Waals surface area contributed by atoms with E-state index in [1.165, 1.54) is 12.8 Å². The van der Waals surface area contributed by atoms with Crippen LogP contribution in [0, 0.1) is 5.92 Å². The van der Waals surface area contributed by atoms with Crippen molar-refractivity contribution in [2.45, 2.75) is 19.3 Å². The fourth-order valence-corrected chi connectivity index (χ4v) is 2.23. The number of nitrogens with one attached hydrogen (secondary N) is 1. The van der Waals surface area contributed by atoms with Crippen LogP contribution in [-0.2, 0) is 11.2 Å². The topological polar surface area (TPSA) is 55.1 Å². The van der Waals surface area contributed by atoms with E-state index in [-0.39, 0.29) is 12.3 Å². The molecule has 1 amide bonds. The number of carbonyl (C=O) groups is 1. The van der Waals surface area contributed by atoms with E-state index >= 15 is 0 Å². The Morgan fingerprint density at radius 1 is 1.50 bits per heavy atom. The number of amides is 1. The number of fused-ring (bicyclic) bond motifs is 1. The summed E-state index contributed by atoms with van der Waals surface area (Å²) >= 11 is 3.37. The van der Waals surface area contributed by atoms with Gasteiger partial charge in [0, 0.05) is 16.4 Å². The van der Waals surface area contributed by atoms with E-state index in [9.17, 15) is 4.79 Å². The fourth-order valence-electron chi connectivity index (χ4n) is 1.89. The second-order valence-corrected chi connectivity index (χ2v) is 5.61. The molecule has 18 heavy (non-hydrogen) atoms. The van der Waals surface area contributed by atoms with E-state index in [0.717, 1.165) is 16.4 Å². The summed E-state index contributed by atoms with van der Waals surface area (Å²) in [6.45, 7) is 0.792. The lowest BCUT2D eigenvalue weighted by molar-refractivity contribution is -0.120. The molecule has 1 aliphatic rings.